The second kappa shape index (κ2) is 10.1. The summed E-state index contributed by atoms with van der Waals surface area (Å²) in [5.74, 6) is 0. The van der Waals surface area contributed by atoms with Gasteiger partial charge in [-0.05, 0) is 80.7 Å². The predicted octanol–water partition coefficient (Wildman–Crippen LogP) is 4.89. The van der Waals surface area contributed by atoms with Crippen molar-refractivity contribution in [3.05, 3.63) is 81.4 Å². The molecule has 1 aliphatic carbocycles. The van der Waals surface area contributed by atoms with Crippen LogP contribution in [0.15, 0.2) is 53.5 Å². The summed E-state index contributed by atoms with van der Waals surface area (Å²) in [4.78, 5) is 22.1. The Morgan fingerprint density at radius 3 is 2.68 bits per heavy atom. The van der Waals surface area contributed by atoms with E-state index in [0.717, 1.165) is 77.3 Å². The molecule has 0 atom stereocenters. The van der Waals surface area contributed by atoms with Crippen LogP contribution in [0.2, 0.25) is 0 Å². The number of fused-ring (bicyclic) bond motifs is 5. The molecule has 2 saturated heterocycles. The van der Waals surface area contributed by atoms with Gasteiger partial charge in [0.2, 0.25) is 0 Å². The third-order valence-electron chi connectivity index (χ3n) is 8.54. The van der Waals surface area contributed by atoms with E-state index in [0.29, 0.717) is 18.7 Å². The summed E-state index contributed by atoms with van der Waals surface area (Å²) < 4.78 is 8.28. The Kier molecular flexibility index (Phi) is 6.99. The van der Waals surface area contributed by atoms with Crippen LogP contribution in [-0.2, 0) is 24.8 Å². The number of hydrogen-bond acceptors (Lipinski definition) is 6. The Morgan fingerprint density at radius 2 is 1.95 bits per heavy atom. The van der Waals surface area contributed by atoms with Crippen molar-refractivity contribution in [3.63, 3.8) is 0 Å². The molecule has 3 aliphatic rings. The summed E-state index contributed by atoms with van der Waals surface area (Å²) in [6.07, 6.45) is 7.23. The summed E-state index contributed by atoms with van der Waals surface area (Å²) in [5, 5.41) is 14.5. The molecule has 5 heterocycles. The van der Waals surface area contributed by atoms with E-state index in [9.17, 15) is 10.1 Å². The highest BCUT2D eigenvalue weighted by molar-refractivity contribution is 5.85. The highest BCUT2D eigenvalue weighted by Gasteiger charge is 2.49. The minimum Gasteiger partial charge on any atom is -0.373 e. The molecule has 1 N–H and O–H groups in total. The molecule has 1 aromatic carbocycles. The molecule has 2 aliphatic heterocycles. The Bertz CT molecular complexity index is 1600. The number of benzene rings is 1. The quantitative estimate of drug-likeness (QED) is 0.382. The molecule has 7 nitrogen and oxygen atoms in total. The summed E-state index contributed by atoms with van der Waals surface area (Å²) in [6.45, 7) is 3.14. The van der Waals surface area contributed by atoms with E-state index in [4.69, 9.17) is 9.72 Å². The van der Waals surface area contributed by atoms with Crippen LogP contribution < -0.4 is 10.9 Å². The lowest BCUT2D eigenvalue weighted by molar-refractivity contribution is -0.165. The molecular weight excluding hydrogens is 498 g/mol. The normalized spacial score (nSPS) is 22.3. The van der Waals surface area contributed by atoms with Gasteiger partial charge in [-0.25, -0.2) is 0 Å². The monoisotopic (exact) mass is 529 g/mol. The molecule has 1 saturated carbocycles. The number of nitrogens with zero attached hydrogens (tertiary/aromatic N) is 4. The number of ether oxygens (including phenoxy) is 1. The highest BCUT2D eigenvalue weighted by atomic mass is 35.5. The minimum absolute atomic E-state index is 0. The first kappa shape index (κ1) is 26.3. The molecular formula is C30H32ClN5O2. The van der Waals surface area contributed by atoms with Gasteiger partial charge in [-0.2, -0.15) is 5.26 Å². The largest absolute Gasteiger partial charge is 0.373 e. The average Bonchev–Trinajstić information content (AvgIpc) is 2.94. The SMILES string of the molecule is Cc1ccc2ncc(C#N)c(CCC34CCC(NCc5cc6ccccc6n(C)c5=O)(CC3)CO4)c2n1.Cl. The van der Waals surface area contributed by atoms with Crippen LogP contribution in [0, 0.1) is 18.3 Å². The van der Waals surface area contributed by atoms with Crippen LogP contribution in [-0.4, -0.2) is 32.3 Å². The number of aryl methyl sites for hydroxylation is 3. The number of halogens is 1. The van der Waals surface area contributed by atoms with Gasteiger partial charge in [0.05, 0.1) is 34.3 Å². The van der Waals surface area contributed by atoms with E-state index in [1.807, 2.05) is 50.4 Å². The summed E-state index contributed by atoms with van der Waals surface area (Å²) in [7, 11) is 1.84. The van der Waals surface area contributed by atoms with Crippen molar-refractivity contribution in [3.8, 4) is 6.07 Å². The van der Waals surface area contributed by atoms with Crippen molar-refractivity contribution >= 4 is 34.3 Å². The van der Waals surface area contributed by atoms with Crippen molar-refractivity contribution in [2.24, 2.45) is 7.05 Å². The van der Waals surface area contributed by atoms with Gasteiger partial charge >= 0.3 is 0 Å². The molecule has 3 fully saturated rings. The summed E-state index contributed by atoms with van der Waals surface area (Å²) >= 11 is 0. The number of aromatic nitrogens is 3. The molecule has 7 rings (SSSR count). The standard InChI is InChI=1S/C30H31N5O2.ClH/c1-20-7-8-25-27(34-20)24(23(16-31)17-32-25)9-10-30-13-11-29(12-14-30,19-37-30)33-18-22-15-21-5-3-4-6-26(21)35(2)28(22)36;/h3-8,15,17,33H,9-14,18-19H2,1-2H3;1H. The highest BCUT2D eigenvalue weighted by Crippen LogP contribution is 2.46. The van der Waals surface area contributed by atoms with Gasteiger partial charge in [0, 0.05) is 36.6 Å². The first-order valence-electron chi connectivity index (χ1n) is 13.0. The fraction of sp³-hybridized carbons (Fsp3) is 0.400. The topological polar surface area (TPSA) is 92.8 Å². The first-order chi connectivity index (χ1) is 17.9. The van der Waals surface area contributed by atoms with Crippen LogP contribution >= 0.6 is 12.4 Å². The number of rotatable bonds is 6. The first-order valence-corrected chi connectivity index (χ1v) is 13.0. The number of hydrogen-bond donors (Lipinski definition) is 1. The van der Waals surface area contributed by atoms with Gasteiger partial charge in [-0.3, -0.25) is 14.8 Å². The van der Waals surface area contributed by atoms with Crippen molar-refractivity contribution in [1.29, 1.82) is 5.26 Å². The van der Waals surface area contributed by atoms with Crippen molar-refractivity contribution in [2.45, 2.75) is 63.1 Å². The number of para-hydroxylation sites is 1. The lowest BCUT2D eigenvalue weighted by atomic mass is 9.69. The Labute approximate surface area is 228 Å². The predicted molar refractivity (Wildman–Crippen MR) is 150 cm³/mol. The Hall–Kier alpha value is -3.31. The minimum atomic E-state index is -0.172. The second-order valence-electron chi connectivity index (χ2n) is 10.8. The van der Waals surface area contributed by atoms with Crippen LogP contribution in [0.5, 0.6) is 0 Å². The van der Waals surface area contributed by atoms with Crippen molar-refractivity contribution in [1.82, 2.24) is 19.9 Å². The van der Waals surface area contributed by atoms with Crippen LogP contribution in [0.4, 0.5) is 0 Å². The molecule has 8 heteroatoms. The zero-order valence-electron chi connectivity index (χ0n) is 21.8. The summed E-state index contributed by atoms with van der Waals surface area (Å²) in [6, 6.07) is 16.2. The molecule has 0 amide bonds. The van der Waals surface area contributed by atoms with E-state index in [1.165, 1.54) is 0 Å². The maximum absolute atomic E-state index is 13.0. The molecule has 4 aromatic rings. The molecule has 196 valence electrons. The molecule has 3 aromatic heterocycles. The third kappa shape index (κ3) is 4.58. The van der Waals surface area contributed by atoms with Crippen LogP contribution in [0.25, 0.3) is 21.9 Å². The fourth-order valence-electron chi connectivity index (χ4n) is 6.13. The maximum Gasteiger partial charge on any atom is 0.255 e. The van der Waals surface area contributed by atoms with Crippen molar-refractivity contribution in [2.75, 3.05) is 6.61 Å². The van der Waals surface area contributed by atoms with Crippen LogP contribution in [0.3, 0.4) is 0 Å². The van der Waals surface area contributed by atoms with E-state index in [1.54, 1.807) is 10.8 Å². The average molecular weight is 530 g/mol. The van der Waals surface area contributed by atoms with Gasteiger partial charge in [0.15, 0.2) is 0 Å². The third-order valence-corrected chi connectivity index (χ3v) is 8.54. The molecule has 0 radical (unpaired) electrons. The fourth-order valence-corrected chi connectivity index (χ4v) is 6.13. The zero-order chi connectivity index (χ0) is 25.6. The Morgan fingerprint density at radius 1 is 1.16 bits per heavy atom. The van der Waals surface area contributed by atoms with Crippen LogP contribution in [0.1, 0.15) is 54.5 Å². The summed E-state index contributed by atoms with van der Waals surface area (Å²) in [5.41, 5.74) is 5.66. The Balaban J connectivity index is 0.00000294. The van der Waals surface area contributed by atoms with Gasteiger partial charge in [-0.15, -0.1) is 12.4 Å². The lowest BCUT2D eigenvalue weighted by Crippen LogP contribution is -2.61. The molecule has 0 unspecified atom stereocenters. The van der Waals surface area contributed by atoms with E-state index >= 15 is 0 Å². The van der Waals surface area contributed by atoms with Gasteiger partial charge in [0.1, 0.15) is 6.07 Å². The lowest BCUT2D eigenvalue weighted by Gasteiger charge is -2.53. The van der Waals surface area contributed by atoms with Gasteiger partial charge in [0.25, 0.3) is 5.56 Å². The van der Waals surface area contributed by atoms with E-state index in [2.05, 4.69) is 22.4 Å². The molecule has 2 bridgehead atoms. The smallest absolute Gasteiger partial charge is 0.255 e. The number of pyridine rings is 3. The van der Waals surface area contributed by atoms with E-state index in [-0.39, 0.29) is 29.1 Å². The van der Waals surface area contributed by atoms with Crippen molar-refractivity contribution < 1.29 is 4.74 Å². The number of nitrogens with one attached hydrogen (secondary N) is 1. The maximum atomic E-state index is 13.0. The molecule has 0 spiro atoms. The van der Waals surface area contributed by atoms with Gasteiger partial charge < -0.3 is 14.6 Å². The van der Waals surface area contributed by atoms with E-state index < -0.39 is 0 Å². The molecule has 38 heavy (non-hydrogen) atoms. The van der Waals surface area contributed by atoms with Gasteiger partial charge in [-0.1, -0.05) is 18.2 Å². The second-order valence-corrected chi connectivity index (χ2v) is 10.8. The number of nitriles is 1. The zero-order valence-corrected chi connectivity index (χ0v) is 22.6.